The van der Waals surface area contributed by atoms with Gasteiger partial charge in [-0.1, -0.05) is 98.4 Å². The zero-order chi connectivity index (χ0) is 22.2. The van der Waals surface area contributed by atoms with E-state index < -0.39 is 0 Å². The third-order valence-corrected chi connectivity index (χ3v) is 8.31. The molecule has 1 nitrogen and oxygen atoms in total. The Morgan fingerprint density at radius 1 is 0.667 bits per heavy atom. The van der Waals surface area contributed by atoms with Crippen LogP contribution in [0.15, 0.2) is 107 Å². The number of hydrogen-bond acceptors (Lipinski definition) is 2. The molecule has 0 atom stereocenters. The van der Waals surface area contributed by atoms with Gasteiger partial charge in [-0.25, -0.2) is 0 Å². The SMILES string of the molecule is CC1(C)c2cc(-c3cccc4ccccc34)ccc2-c2c1ccc1c2Sc2ccccc2O1. The summed E-state index contributed by atoms with van der Waals surface area (Å²) in [6.45, 7) is 4.69. The molecular weight excluding hydrogens is 420 g/mol. The van der Waals surface area contributed by atoms with Crippen molar-refractivity contribution >= 4 is 22.5 Å². The molecule has 0 bridgehead atoms. The van der Waals surface area contributed by atoms with Gasteiger partial charge in [0.2, 0.25) is 0 Å². The summed E-state index contributed by atoms with van der Waals surface area (Å²) in [4.78, 5) is 2.41. The van der Waals surface area contributed by atoms with Crippen LogP contribution in [-0.4, -0.2) is 0 Å². The van der Waals surface area contributed by atoms with E-state index in [1.54, 1.807) is 0 Å². The fraction of sp³-hybridized carbons (Fsp3) is 0.0968. The lowest BCUT2D eigenvalue weighted by molar-refractivity contribution is 0.454. The average Bonchev–Trinajstić information content (AvgIpc) is 3.09. The van der Waals surface area contributed by atoms with Crippen molar-refractivity contribution in [2.45, 2.75) is 29.1 Å². The summed E-state index contributed by atoms with van der Waals surface area (Å²) in [5, 5.41) is 2.57. The highest BCUT2D eigenvalue weighted by Crippen LogP contribution is 2.58. The molecule has 0 unspecified atom stereocenters. The Bertz CT molecular complexity index is 1590. The van der Waals surface area contributed by atoms with Gasteiger partial charge in [0.15, 0.2) is 0 Å². The lowest BCUT2D eigenvalue weighted by Crippen LogP contribution is -2.15. The first-order valence-electron chi connectivity index (χ1n) is 11.4. The van der Waals surface area contributed by atoms with Crippen molar-refractivity contribution in [2.75, 3.05) is 0 Å². The van der Waals surface area contributed by atoms with Gasteiger partial charge in [0, 0.05) is 11.0 Å². The molecule has 1 heterocycles. The molecule has 0 N–H and O–H groups in total. The maximum atomic E-state index is 6.31. The predicted octanol–water partition coefficient (Wildman–Crippen LogP) is 9.07. The van der Waals surface area contributed by atoms with E-state index in [0.717, 1.165) is 11.5 Å². The summed E-state index contributed by atoms with van der Waals surface area (Å²) in [7, 11) is 0. The molecule has 0 aromatic heterocycles. The van der Waals surface area contributed by atoms with E-state index in [1.807, 2.05) is 23.9 Å². The molecule has 2 heteroatoms. The topological polar surface area (TPSA) is 9.23 Å². The summed E-state index contributed by atoms with van der Waals surface area (Å²) in [6, 6.07) is 35.0. The third-order valence-electron chi connectivity index (χ3n) is 7.14. The Balaban J connectivity index is 1.43. The predicted molar refractivity (Wildman–Crippen MR) is 138 cm³/mol. The first-order valence-corrected chi connectivity index (χ1v) is 12.2. The molecule has 33 heavy (non-hydrogen) atoms. The zero-order valence-corrected chi connectivity index (χ0v) is 19.4. The first kappa shape index (κ1) is 19.0. The van der Waals surface area contributed by atoms with Gasteiger partial charge >= 0.3 is 0 Å². The number of para-hydroxylation sites is 1. The molecule has 0 radical (unpaired) electrons. The van der Waals surface area contributed by atoms with E-state index in [-0.39, 0.29) is 5.41 Å². The Morgan fingerprint density at radius 3 is 2.42 bits per heavy atom. The van der Waals surface area contributed by atoms with Crippen LogP contribution in [0.1, 0.15) is 25.0 Å². The highest BCUT2D eigenvalue weighted by atomic mass is 32.2. The van der Waals surface area contributed by atoms with Crippen LogP contribution in [0, 0.1) is 0 Å². The van der Waals surface area contributed by atoms with Gasteiger partial charge in [-0.15, -0.1) is 0 Å². The Kier molecular flexibility index (Phi) is 3.89. The van der Waals surface area contributed by atoms with E-state index in [9.17, 15) is 0 Å². The number of fused-ring (bicyclic) bond motifs is 7. The van der Waals surface area contributed by atoms with E-state index in [2.05, 4.69) is 98.8 Å². The van der Waals surface area contributed by atoms with Gasteiger partial charge in [0.05, 0.1) is 9.79 Å². The number of hydrogen-bond donors (Lipinski definition) is 0. The minimum Gasteiger partial charge on any atom is -0.455 e. The minimum atomic E-state index is -0.0716. The minimum absolute atomic E-state index is 0.0716. The van der Waals surface area contributed by atoms with Crippen molar-refractivity contribution in [1.82, 2.24) is 0 Å². The van der Waals surface area contributed by atoms with Crippen molar-refractivity contribution in [3.8, 4) is 33.8 Å². The van der Waals surface area contributed by atoms with Gasteiger partial charge in [-0.05, 0) is 62.9 Å². The molecule has 0 amide bonds. The first-order chi connectivity index (χ1) is 16.1. The van der Waals surface area contributed by atoms with E-state index >= 15 is 0 Å². The molecule has 0 fully saturated rings. The molecule has 0 saturated carbocycles. The van der Waals surface area contributed by atoms with Crippen LogP contribution in [0.4, 0.5) is 0 Å². The van der Waals surface area contributed by atoms with Crippen molar-refractivity contribution in [3.63, 3.8) is 0 Å². The summed E-state index contributed by atoms with van der Waals surface area (Å²) in [5.41, 5.74) is 7.91. The van der Waals surface area contributed by atoms with Crippen LogP contribution in [-0.2, 0) is 5.41 Å². The summed E-state index contributed by atoms with van der Waals surface area (Å²) < 4.78 is 6.31. The number of ether oxygens (including phenoxy) is 1. The highest BCUT2D eigenvalue weighted by Gasteiger charge is 2.39. The van der Waals surface area contributed by atoms with Gasteiger partial charge in [-0.2, -0.15) is 0 Å². The van der Waals surface area contributed by atoms with Crippen molar-refractivity contribution in [3.05, 3.63) is 108 Å². The summed E-state index contributed by atoms with van der Waals surface area (Å²) in [6.07, 6.45) is 0. The molecule has 2 aliphatic rings. The fourth-order valence-corrected chi connectivity index (χ4v) is 6.56. The van der Waals surface area contributed by atoms with Crippen LogP contribution in [0.3, 0.4) is 0 Å². The molecule has 7 rings (SSSR count). The van der Waals surface area contributed by atoms with Crippen LogP contribution in [0.25, 0.3) is 33.0 Å². The second kappa shape index (κ2) is 6.76. The maximum Gasteiger partial charge on any atom is 0.142 e. The van der Waals surface area contributed by atoms with E-state index in [4.69, 9.17) is 4.74 Å². The largest absolute Gasteiger partial charge is 0.455 e. The van der Waals surface area contributed by atoms with Crippen LogP contribution in [0.5, 0.6) is 11.5 Å². The Hall–Kier alpha value is -3.49. The Labute approximate surface area is 198 Å². The van der Waals surface area contributed by atoms with Crippen LogP contribution >= 0.6 is 11.8 Å². The quantitative estimate of drug-likeness (QED) is 0.251. The monoisotopic (exact) mass is 442 g/mol. The van der Waals surface area contributed by atoms with Crippen LogP contribution in [0.2, 0.25) is 0 Å². The Morgan fingerprint density at radius 2 is 1.48 bits per heavy atom. The molecule has 1 aliphatic heterocycles. The molecule has 1 aliphatic carbocycles. The second-order valence-corrected chi connectivity index (χ2v) is 10.4. The van der Waals surface area contributed by atoms with Crippen molar-refractivity contribution in [1.29, 1.82) is 0 Å². The molecule has 158 valence electrons. The normalized spacial score (nSPS) is 14.7. The lowest BCUT2D eigenvalue weighted by atomic mass is 9.81. The smallest absolute Gasteiger partial charge is 0.142 e. The number of rotatable bonds is 1. The van der Waals surface area contributed by atoms with Gasteiger partial charge in [0.1, 0.15) is 11.5 Å². The van der Waals surface area contributed by atoms with Crippen LogP contribution < -0.4 is 4.74 Å². The summed E-state index contributed by atoms with van der Waals surface area (Å²) in [5.74, 6) is 1.90. The standard InChI is InChI=1S/C31H22OS/c1-31(2)24-16-17-27-30(33-28-13-6-5-12-26(28)32-27)29(24)23-15-14-20(18-25(23)31)22-11-7-9-19-8-3-4-10-21(19)22/h3-18H,1-2H3. The van der Waals surface area contributed by atoms with Gasteiger partial charge in [0.25, 0.3) is 0 Å². The number of benzene rings is 5. The average molecular weight is 443 g/mol. The molecule has 0 spiro atoms. The molecule has 5 aromatic carbocycles. The van der Waals surface area contributed by atoms with Gasteiger partial charge < -0.3 is 4.74 Å². The highest BCUT2D eigenvalue weighted by molar-refractivity contribution is 7.99. The molecule has 5 aromatic rings. The zero-order valence-electron chi connectivity index (χ0n) is 18.6. The fourth-order valence-electron chi connectivity index (χ4n) is 5.45. The van der Waals surface area contributed by atoms with Crippen molar-refractivity contribution in [2.24, 2.45) is 0 Å². The summed E-state index contributed by atoms with van der Waals surface area (Å²) >= 11 is 1.83. The van der Waals surface area contributed by atoms with Crippen molar-refractivity contribution < 1.29 is 4.74 Å². The molecular formula is C31H22OS. The van der Waals surface area contributed by atoms with E-state index in [0.29, 0.717) is 0 Å². The van der Waals surface area contributed by atoms with E-state index in [1.165, 1.54) is 53.9 Å². The van der Waals surface area contributed by atoms with Gasteiger partial charge in [-0.3, -0.25) is 0 Å². The lowest BCUT2D eigenvalue weighted by Gasteiger charge is -2.25. The third kappa shape index (κ3) is 2.68. The second-order valence-electron chi connectivity index (χ2n) is 9.38. The maximum absolute atomic E-state index is 6.31. The molecule has 0 saturated heterocycles.